The maximum absolute atomic E-state index is 13.2. The average molecular weight is 510 g/mol. The second-order valence-electron chi connectivity index (χ2n) is 10.9. The van der Waals surface area contributed by atoms with Gasteiger partial charge in [-0.25, -0.2) is 0 Å². The number of carbonyl (C=O) groups excluding carboxylic acids is 2. The highest BCUT2D eigenvalue weighted by Crippen LogP contribution is 2.42. The van der Waals surface area contributed by atoms with Crippen LogP contribution in [0.25, 0.3) is 0 Å². The normalized spacial score (nSPS) is 18.4. The van der Waals surface area contributed by atoms with Crippen LogP contribution in [-0.2, 0) is 38.0 Å². The highest BCUT2D eigenvalue weighted by molar-refractivity contribution is 6.77. The summed E-state index contributed by atoms with van der Waals surface area (Å²) in [5.41, 5.74) is 4.99. The van der Waals surface area contributed by atoms with Crippen LogP contribution < -0.4 is 0 Å². The number of nitrogens with zero attached hydrogens (tertiary/aromatic N) is 1. The molecule has 0 aliphatic carbocycles. The summed E-state index contributed by atoms with van der Waals surface area (Å²) in [6, 6.07) is 18.1. The first-order valence-corrected chi connectivity index (χ1v) is 15.5. The van der Waals surface area contributed by atoms with Crippen molar-refractivity contribution in [2.45, 2.75) is 89.7 Å². The van der Waals surface area contributed by atoms with Gasteiger partial charge in [-0.3, -0.25) is 9.59 Å². The SMILES string of the molecule is CC(C)[Si](OCCc1ccc(CC(=O)N2C(Cc3ccccc3)COC2C=O)cc1)(C(C)C)C(C)C. The first-order chi connectivity index (χ1) is 17.2. The van der Waals surface area contributed by atoms with Gasteiger partial charge in [0.2, 0.25) is 5.91 Å². The van der Waals surface area contributed by atoms with Crippen LogP contribution in [-0.4, -0.2) is 50.9 Å². The molecule has 6 heteroatoms. The second-order valence-corrected chi connectivity index (χ2v) is 16.4. The molecule has 5 nitrogen and oxygen atoms in total. The van der Waals surface area contributed by atoms with Gasteiger partial charge in [-0.2, -0.15) is 0 Å². The second kappa shape index (κ2) is 12.8. The van der Waals surface area contributed by atoms with Gasteiger partial charge in [0.15, 0.2) is 20.8 Å². The number of hydrogen-bond donors (Lipinski definition) is 0. The summed E-state index contributed by atoms with van der Waals surface area (Å²) in [5, 5.41) is 0. The van der Waals surface area contributed by atoms with E-state index in [0.717, 1.165) is 30.4 Å². The zero-order valence-electron chi connectivity index (χ0n) is 22.8. The molecule has 2 atom stereocenters. The Labute approximate surface area is 218 Å². The van der Waals surface area contributed by atoms with Gasteiger partial charge in [0.1, 0.15) is 0 Å². The molecular formula is C30H43NO4Si. The summed E-state index contributed by atoms with van der Waals surface area (Å²) in [6.07, 6.45) is 1.70. The van der Waals surface area contributed by atoms with Crippen LogP contribution in [0.2, 0.25) is 16.6 Å². The first kappa shape index (κ1) is 28.3. The summed E-state index contributed by atoms with van der Waals surface area (Å²) >= 11 is 0. The van der Waals surface area contributed by atoms with Gasteiger partial charge in [0.25, 0.3) is 0 Å². The molecule has 0 spiro atoms. The number of ether oxygens (including phenoxy) is 1. The summed E-state index contributed by atoms with van der Waals surface area (Å²) in [5.74, 6) is -0.0804. The lowest BCUT2D eigenvalue weighted by Crippen LogP contribution is -2.48. The van der Waals surface area contributed by atoms with Crippen molar-refractivity contribution < 1.29 is 18.8 Å². The van der Waals surface area contributed by atoms with Crippen LogP contribution in [0.5, 0.6) is 0 Å². The molecule has 1 aliphatic heterocycles. The molecule has 0 radical (unpaired) electrons. The topological polar surface area (TPSA) is 55.8 Å². The van der Waals surface area contributed by atoms with Gasteiger partial charge in [0.05, 0.1) is 19.1 Å². The standard InChI is InChI=1S/C30H43NO4Si/c1-22(2)36(23(3)4,24(5)6)35-17-16-25-12-14-27(15-13-25)19-29(33)31-28(21-34-30(31)20-32)18-26-10-8-7-9-11-26/h7-15,20,22-24,28,30H,16-19,21H2,1-6H3. The van der Waals surface area contributed by atoms with Gasteiger partial charge < -0.3 is 14.1 Å². The van der Waals surface area contributed by atoms with Crippen LogP contribution in [0, 0.1) is 0 Å². The van der Waals surface area contributed by atoms with Crippen LogP contribution in [0.15, 0.2) is 54.6 Å². The van der Waals surface area contributed by atoms with Gasteiger partial charge in [-0.05, 0) is 46.2 Å². The quantitative estimate of drug-likeness (QED) is 0.262. The number of hydrogen-bond acceptors (Lipinski definition) is 4. The van der Waals surface area contributed by atoms with Crippen LogP contribution in [0.3, 0.4) is 0 Å². The van der Waals surface area contributed by atoms with Crippen molar-refractivity contribution in [2.75, 3.05) is 13.2 Å². The molecule has 1 fully saturated rings. The van der Waals surface area contributed by atoms with Crippen molar-refractivity contribution in [3.05, 3.63) is 71.3 Å². The smallest absolute Gasteiger partial charge is 0.229 e. The Bertz CT molecular complexity index is 952. The third-order valence-electron chi connectivity index (χ3n) is 7.67. The molecule has 2 unspecified atom stereocenters. The minimum Gasteiger partial charge on any atom is -0.416 e. The number of aldehydes is 1. The van der Waals surface area contributed by atoms with Crippen molar-refractivity contribution >= 4 is 20.5 Å². The van der Waals surface area contributed by atoms with E-state index in [2.05, 4.69) is 53.7 Å². The largest absolute Gasteiger partial charge is 0.416 e. The summed E-state index contributed by atoms with van der Waals surface area (Å²) < 4.78 is 12.3. The Hall–Kier alpha value is -2.28. The Kier molecular flexibility index (Phi) is 10.1. The van der Waals surface area contributed by atoms with Crippen LogP contribution in [0.4, 0.5) is 0 Å². The molecular weight excluding hydrogens is 466 g/mol. The predicted octanol–water partition coefficient (Wildman–Crippen LogP) is 5.96. The molecule has 0 bridgehead atoms. The minimum absolute atomic E-state index is 0.0804. The zero-order valence-corrected chi connectivity index (χ0v) is 23.8. The molecule has 3 rings (SSSR count). The highest BCUT2D eigenvalue weighted by Gasteiger charge is 2.44. The van der Waals surface area contributed by atoms with E-state index in [1.807, 2.05) is 42.5 Å². The van der Waals surface area contributed by atoms with E-state index in [1.54, 1.807) is 4.90 Å². The Balaban J connectivity index is 1.60. The van der Waals surface area contributed by atoms with E-state index in [0.29, 0.717) is 29.7 Å². The maximum atomic E-state index is 13.2. The lowest BCUT2D eigenvalue weighted by atomic mass is 10.0. The number of carbonyl (C=O) groups is 2. The number of amides is 1. The third-order valence-corrected chi connectivity index (χ3v) is 13.8. The van der Waals surface area contributed by atoms with Gasteiger partial charge >= 0.3 is 0 Å². The van der Waals surface area contributed by atoms with Gasteiger partial charge in [-0.1, -0.05) is 96.1 Å². The van der Waals surface area contributed by atoms with E-state index in [1.165, 1.54) is 5.56 Å². The Morgan fingerprint density at radius 1 is 0.944 bits per heavy atom. The number of benzene rings is 2. The van der Waals surface area contributed by atoms with E-state index >= 15 is 0 Å². The van der Waals surface area contributed by atoms with Crippen LogP contribution in [0.1, 0.15) is 58.2 Å². The van der Waals surface area contributed by atoms with E-state index < -0.39 is 14.5 Å². The molecule has 2 aromatic carbocycles. The molecule has 0 saturated carbocycles. The average Bonchev–Trinajstić information content (AvgIpc) is 3.25. The summed E-state index contributed by atoms with van der Waals surface area (Å²) in [6.45, 7) is 15.0. The Morgan fingerprint density at radius 3 is 2.08 bits per heavy atom. The van der Waals surface area contributed by atoms with E-state index in [4.69, 9.17) is 9.16 Å². The van der Waals surface area contributed by atoms with Gasteiger partial charge in [-0.15, -0.1) is 0 Å². The van der Waals surface area contributed by atoms with E-state index in [9.17, 15) is 9.59 Å². The highest BCUT2D eigenvalue weighted by atomic mass is 28.4. The first-order valence-electron chi connectivity index (χ1n) is 13.3. The molecule has 36 heavy (non-hydrogen) atoms. The van der Waals surface area contributed by atoms with Crippen LogP contribution >= 0.6 is 0 Å². The lowest BCUT2D eigenvalue weighted by Gasteiger charge is -2.42. The minimum atomic E-state index is -1.86. The molecule has 0 aromatic heterocycles. The van der Waals surface area contributed by atoms with Gasteiger partial charge in [0, 0.05) is 6.61 Å². The molecule has 2 aromatic rings. The third kappa shape index (κ3) is 6.53. The van der Waals surface area contributed by atoms with Crippen molar-refractivity contribution in [1.82, 2.24) is 4.90 Å². The summed E-state index contributed by atoms with van der Waals surface area (Å²) in [7, 11) is -1.86. The molecule has 1 heterocycles. The Morgan fingerprint density at radius 2 is 1.53 bits per heavy atom. The fourth-order valence-electron chi connectivity index (χ4n) is 6.01. The molecule has 1 amide bonds. The molecule has 196 valence electrons. The predicted molar refractivity (Wildman–Crippen MR) is 147 cm³/mol. The summed E-state index contributed by atoms with van der Waals surface area (Å²) in [4.78, 5) is 26.4. The van der Waals surface area contributed by atoms with Crippen molar-refractivity contribution in [3.63, 3.8) is 0 Å². The van der Waals surface area contributed by atoms with Crippen molar-refractivity contribution in [2.24, 2.45) is 0 Å². The van der Waals surface area contributed by atoms with Crippen molar-refractivity contribution in [1.29, 1.82) is 0 Å². The molecule has 1 aliphatic rings. The molecule has 1 saturated heterocycles. The maximum Gasteiger partial charge on any atom is 0.229 e. The molecule has 0 N–H and O–H groups in total. The zero-order chi connectivity index (χ0) is 26.3. The van der Waals surface area contributed by atoms with Crippen molar-refractivity contribution in [3.8, 4) is 0 Å². The number of rotatable bonds is 12. The fourth-order valence-corrected chi connectivity index (χ4v) is 11.5. The van der Waals surface area contributed by atoms with E-state index in [-0.39, 0.29) is 18.4 Å². The lowest BCUT2D eigenvalue weighted by molar-refractivity contribution is -0.141. The monoisotopic (exact) mass is 509 g/mol. The fraction of sp³-hybridized carbons (Fsp3) is 0.533.